The van der Waals surface area contributed by atoms with Crippen LogP contribution < -0.4 is 10.6 Å². The molecule has 0 aliphatic rings. The summed E-state index contributed by atoms with van der Waals surface area (Å²) in [5, 5.41) is 5.47. The predicted molar refractivity (Wildman–Crippen MR) is 84.7 cm³/mol. The third-order valence-electron chi connectivity index (χ3n) is 3.08. The van der Waals surface area contributed by atoms with Crippen molar-refractivity contribution in [1.82, 2.24) is 15.5 Å². The van der Waals surface area contributed by atoms with Crippen LogP contribution in [-0.4, -0.2) is 50.4 Å². The number of ketones is 1. The Hall–Kier alpha value is -1.88. The summed E-state index contributed by atoms with van der Waals surface area (Å²) in [6.45, 7) is 3.91. The molecule has 5 heteroatoms. The molecule has 0 aliphatic heterocycles. The van der Waals surface area contributed by atoms with Gasteiger partial charge in [0, 0.05) is 25.1 Å². The van der Waals surface area contributed by atoms with Crippen molar-refractivity contribution in [3.05, 3.63) is 35.4 Å². The van der Waals surface area contributed by atoms with Crippen LogP contribution in [0.4, 0.5) is 4.79 Å². The van der Waals surface area contributed by atoms with Gasteiger partial charge in [0.25, 0.3) is 0 Å². The van der Waals surface area contributed by atoms with Gasteiger partial charge in [0.1, 0.15) is 0 Å². The van der Waals surface area contributed by atoms with E-state index in [2.05, 4.69) is 15.5 Å². The second-order valence-electron chi connectivity index (χ2n) is 5.38. The number of hydrogen-bond donors (Lipinski definition) is 2. The topological polar surface area (TPSA) is 61.4 Å². The zero-order valence-corrected chi connectivity index (χ0v) is 13.1. The van der Waals surface area contributed by atoms with Gasteiger partial charge in [-0.25, -0.2) is 4.79 Å². The van der Waals surface area contributed by atoms with Crippen molar-refractivity contribution in [2.45, 2.75) is 19.8 Å². The summed E-state index contributed by atoms with van der Waals surface area (Å²) in [4.78, 5) is 25.5. The molecular weight excluding hydrogens is 266 g/mol. The Bertz CT molecular complexity index is 455. The smallest absolute Gasteiger partial charge is 0.314 e. The first-order valence-electron chi connectivity index (χ1n) is 7.25. The molecule has 0 atom stereocenters. The van der Waals surface area contributed by atoms with Crippen LogP contribution in [0.3, 0.4) is 0 Å². The number of hydrogen-bond acceptors (Lipinski definition) is 3. The summed E-state index contributed by atoms with van der Waals surface area (Å²) in [7, 11) is 3.99. The van der Waals surface area contributed by atoms with Gasteiger partial charge in [0.2, 0.25) is 0 Å². The Balaban J connectivity index is 2.16. The minimum absolute atomic E-state index is 0.0444. The highest BCUT2D eigenvalue weighted by molar-refractivity contribution is 5.96. The van der Waals surface area contributed by atoms with Crippen LogP contribution in [0.5, 0.6) is 0 Å². The molecule has 0 spiro atoms. The Labute approximate surface area is 126 Å². The van der Waals surface area contributed by atoms with E-state index in [4.69, 9.17) is 0 Å². The SMILES string of the molecule is Cc1ccc(C(=O)CCNC(=O)NCCCN(C)C)cc1. The van der Waals surface area contributed by atoms with E-state index in [1.807, 2.05) is 45.3 Å². The maximum absolute atomic E-state index is 11.9. The van der Waals surface area contributed by atoms with Gasteiger partial charge in [-0.1, -0.05) is 29.8 Å². The Morgan fingerprint density at radius 1 is 1.05 bits per heavy atom. The van der Waals surface area contributed by atoms with Gasteiger partial charge >= 0.3 is 6.03 Å². The highest BCUT2D eigenvalue weighted by Crippen LogP contribution is 2.05. The van der Waals surface area contributed by atoms with Gasteiger partial charge in [-0.05, 0) is 34.0 Å². The number of urea groups is 1. The molecule has 0 bridgehead atoms. The van der Waals surface area contributed by atoms with Crippen LogP contribution in [0.15, 0.2) is 24.3 Å². The molecule has 2 N–H and O–H groups in total. The summed E-state index contributed by atoms with van der Waals surface area (Å²) >= 11 is 0. The Morgan fingerprint density at radius 3 is 2.29 bits per heavy atom. The third-order valence-corrected chi connectivity index (χ3v) is 3.08. The zero-order valence-electron chi connectivity index (χ0n) is 13.1. The molecule has 0 saturated heterocycles. The summed E-state index contributed by atoms with van der Waals surface area (Å²) in [6.07, 6.45) is 1.22. The summed E-state index contributed by atoms with van der Waals surface area (Å²) in [6, 6.07) is 7.25. The lowest BCUT2D eigenvalue weighted by Crippen LogP contribution is -2.37. The van der Waals surface area contributed by atoms with E-state index in [1.165, 1.54) is 0 Å². The molecule has 1 rings (SSSR count). The van der Waals surface area contributed by atoms with Crippen molar-refractivity contribution >= 4 is 11.8 Å². The lowest BCUT2D eigenvalue weighted by atomic mass is 10.1. The van der Waals surface area contributed by atoms with Gasteiger partial charge in [-0.3, -0.25) is 4.79 Å². The molecule has 0 aromatic heterocycles. The number of nitrogens with one attached hydrogen (secondary N) is 2. The molecule has 5 nitrogen and oxygen atoms in total. The summed E-state index contributed by atoms with van der Waals surface area (Å²) < 4.78 is 0. The van der Waals surface area contributed by atoms with Crippen LogP contribution in [0, 0.1) is 6.92 Å². The van der Waals surface area contributed by atoms with Crippen LogP contribution in [0.25, 0.3) is 0 Å². The van der Waals surface area contributed by atoms with E-state index >= 15 is 0 Å². The van der Waals surface area contributed by atoms with Crippen molar-refractivity contribution in [3.63, 3.8) is 0 Å². The van der Waals surface area contributed by atoms with Crippen molar-refractivity contribution in [2.75, 3.05) is 33.7 Å². The standard InChI is InChI=1S/C16H25N3O2/c1-13-5-7-14(8-6-13)15(20)9-11-18-16(21)17-10-4-12-19(2)3/h5-8H,4,9-12H2,1-3H3,(H2,17,18,21). The Morgan fingerprint density at radius 2 is 1.67 bits per heavy atom. The van der Waals surface area contributed by atoms with Crippen molar-refractivity contribution in [3.8, 4) is 0 Å². The first-order valence-corrected chi connectivity index (χ1v) is 7.25. The largest absolute Gasteiger partial charge is 0.338 e. The molecule has 0 saturated carbocycles. The van der Waals surface area contributed by atoms with Crippen LogP contribution in [0.1, 0.15) is 28.8 Å². The van der Waals surface area contributed by atoms with Gasteiger partial charge in [-0.15, -0.1) is 0 Å². The maximum Gasteiger partial charge on any atom is 0.314 e. The number of benzene rings is 1. The molecule has 0 fully saturated rings. The normalized spacial score (nSPS) is 10.5. The predicted octanol–water partition coefficient (Wildman–Crippen LogP) is 1.82. The molecule has 1 aromatic carbocycles. The molecule has 0 unspecified atom stereocenters. The molecule has 116 valence electrons. The number of aryl methyl sites for hydroxylation is 1. The van der Waals surface area contributed by atoms with E-state index < -0.39 is 0 Å². The molecule has 0 aliphatic carbocycles. The third kappa shape index (κ3) is 7.46. The number of nitrogens with zero attached hydrogens (tertiary/aromatic N) is 1. The molecule has 0 radical (unpaired) electrons. The minimum Gasteiger partial charge on any atom is -0.338 e. The molecule has 2 amide bonds. The number of Topliss-reactive ketones (excluding diaryl/α,β-unsaturated/α-hetero) is 1. The minimum atomic E-state index is -0.217. The Kier molecular flexibility index (Phi) is 7.46. The van der Waals surface area contributed by atoms with E-state index in [-0.39, 0.29) is 11.8 Å². The monoisotopic (exact) mass is 291 g/mol. The summed E-state index contributed by atoms with van der Waals surface area (Å²) in [5.74, 6) is 0.0444. The number of carbonyl (C=O) groups is 2. The van der Waals surface area contributed by atoms with Gasteiger partial charge in [-0.2, -0.15) is 0 Å². The zero-order chi connectivity index (χ0) is 15.7. The lowest BCUT2D eigenvalue weighted by molar-refractivity contribution is 0.0983. The molecule has 0 heterocycles. The number of carbonyl (C=O) groups excluding carboxylic acids is 2. The van der Waals surface area contributed by atoms with Crippen molar-refractivity contribution in [2.24, 2.45) is 0 Å². The lowest BCUT2D eigenvalue weighted by Gasteiger charge is -2.10. The first kappa shape index (κ1) is 17.2. The van der Waals surface area contributed by atoms with E-state index in [1.54, 1.807) is 0 Å². The molecular formula is C16H25N3O2. The van der Waals surface area contributed by atoms with Crippen molar-refractivity contribution in [1.29, 1.82) is 0 Å². The fourth-order valence-electron chi connectivity index (χ4n) is 1.83. The van der Waals surface area contributed by atoms with Crippen LogP contribution >= 0.6 is 0 Å². The fraction of sp³-hybridized carbons (Fsp3) is 0.500. The average Bonchev–Trinajstić information content (AvgIpc) is 2.44. The van der Waals surface area contributed by atoms with E-state index in [9.17, 15) is 9.59 Å². The van der Waals surface area contributed by atoms with Crippen LogP contribution in [-0.2, 0) is 0 Å². The first-order chi connectivity index (χ1) is 9.99. The van der Waals surface area contributed by atoms with Crippen molar-refractivity contribution < 1.29 is 9.59 Å². The fourth-order valence-corrected chi connectivity index (χ4v) is 1.83. The molecule has 1 aromatic rings. The maximum atomic E-state index is 11.9. The second-order valence-corrected chi connectivity index (χ2v) is 5.38. The van der Waals surface area contributed by atoms with E-state index in [0.717, 1.165) is 18.5 Å². The summed E-state index contributed by atoms with van der Waals surface area (Å²) in [5.41, 5.74) is 1.82. The number of rotatable bonds is 8. The quantitative estimate of drug-likeness (QED) is 0.567. The highest BCUT2D eigenvalue weighted by Gasteiger charge is 2.06. The highest BCUT2D eigenvalue weighted by atomic mass is 16.2. The average molecular weight is 291 g/mol. The number of amides is 2. The van der Waals surface area contributed by atoms with Gasteiger partial charge in [0.15, 0.2) is 5.78 Å². The van der Waals surface area contributed by atoms with Crippen LogP contribution in [0.2, 0.25) is 0 Å². The molecule has 21 heavy (non-hydrogen) atoms. The van der Waals surface area contributed by atoms with Gasteiger partial charge in [0.05, 0.1) is 0 Å². The van der Waals surface area contributed by atoms with E-state index in [0.29, 0.717) is 25.1 Å². The van der Waals surface area contributed by atoms with Gasteiger partial charge < -0.3 is 15.5 Å². The second kappa shape index (κ2) is 9.13.